The van der Waals surface area contributed by atoms with Crippen molar-refractivity contribution in [2.24, 2.45) is 15.4 Å². The Labute approximate surface area is 220 Å². The van der Waals surface area contributed by atoms with Crippen LogP contribution < -0.4 is 4.90 Å². The summed E-state index contributed by atoms with van der Waals surface area (Å²) in [7, 11) is 0. The minimum absolute atomic E-state index is 0.221. The van der Waals surface area contributed by atoms with Crippen molar-refractivity contribution in [2.75, 3.05) is 11.4 Å². The molecule has 0 spiro atoms. The van der Waals surface area contributed by atoms with Gasteiger partial charge >= 0.3 is 0 Å². The van der Waals surface area contributed by atoms with E-state index in [9.17, 15) is 14.4 Å². The summed E-state index contributed by atoms with van der Waals surface area (Å²) in [5.74, 6) is -1.19. The summed E-state index contributed by atoms with van der Waals surface area (Å²) in [4.78, 5) is 41.2. The molecule has 38 heavy (non-hydrogen) atoms. The summed E-state index contributed by atoms with van der Waals surface area (Å²) in [5, 5.41) is 15.6. The number of carbonyl (C=O) groups is 3. The zero-order chi connectivity index (χ0) is 26.2. The summed E-state index contributed by atoms with van der Waals surface area (Å²) >= 11 is 0. The maximum absolute atomic E-state index is 13.6. The van der Waals surface area contributed by atoms with Crippen LogP contribution in [0.25, 0.3) is 0 Å². The third-order valence-electron chi connectivity index (χ3n) is 7.22. The Morgan fingerprint density at radius 1 is 0.895 bits per heavy atom. The van der Waals surface area contributed by atoms with Gasteiger partial charge in [0.05, 0.1) is 17.4 Å². The van der Waals surface area contributed by atoms with E-state index >= 15 is 0 Å². The lowest BCUT2D eigenvalue weighted by atomic mass is 9.98. The number of aryl methyl sites for hydroxylation is 1. The lowest BCUT2D eigenvalue weighted by Gasteiger charge is -2.25. The molecule has 0 N–H and O–H groups in total. The minimum atomic E-state index is -0.965. The first kappa shape index (κ1) is 23.7. The Balaban J connectivity index is 1.24. The van der Waals surface area contributed by atoms with Gasteiger partial charge in [0.1, 0.15) is 6.54 Å². The first-order chi connectivity index (χ1) is 18.5. The second kappa shape index (κ2) is 9.66. The zero-order valence-electron chi connectivity index (χ0n) is 20.8. The number of carbonyl (C=O) groups excluding carboxylic acids is 3. The van der Waals surface area contributed by atoms with E-state index in [1.807, 2.05) is 79.7 Å². The number of amides is 3. The van der Waals surface area contributed by atoms with Crippen molar-refractivity contribution < 1.29 is 14.4 Å². The Bertz CT molecular complexity index is 1440. The van der Waals surface area contributed by atoms with Gasteiger partial charge in [-0.25, -0.2) is 9.91 Å². The Hall–Kier alpha value is -4.66. The molecule has 0 unspecified atom stereocenters. The highest BCUT2D eigenvalue weighted by atomic mass is 16.2. The maximum atomic E-state index is 13.6. The van der Waals surface area contributed by atoms with Crippen LogP contribution in [0.15, 0.2) is 100 Å². The van der Waals surface area contributed by atoms with Crippen LogP contribution >= 0.6 is 0 Å². The highest BCUT2D eigenvalue weighted by molar-refractivity contribution is 6.25. The fourth-order valence-corrected chi connectivity index (χ4v) is 5.18. The van der Waals surface area contributed by atoms with Crippen LogP contribution in [0.2, 0.25) is 0 Å². The lowest BCUT2D eigenvalue weighted by molar-refractivity contribution is -0.135. The molecule has 0 aromatic heterocycles. The van der Waals surface area contributed by atoms with Crippen LogP contribution in [0.3, 0.4) is 0 Å². The van der Waals surface area contributed by atoms with Crippen molar-refractivity contribution in [3.8, 4) is 0 Å². The highest BCUT2D eigenvalue weighted by Crippen LogP contribution is 2.35. The van der Waals surface area contributed by atoms with Gasteiger partial charge in [-0.3, -0.25) is 19.4 Å². The molecule has 0 bridgehead atoms. The summed E-state index contributed by atoms with van der Waals surface area (Å²) in [6.45, 7) is 1.82. The Kier molecular flexibility index (Phi) is 6.03. The third-order valence-corrected chi connectivity index (χ3v) is 7.22. The monoisotopic (exact) mass is 506 g/mol. The summed E-state index contributed by atoms with van der Waals surface area (Å²) in [5.41, 5.74) is 4.32. The number of fused-ring (bicyclic) bond motifs is 1. The first-order valence-corrected chi connectivity index (χ1v) is 12.7. The van der Waals surface area contributed by atoms with Gasteiger partial charge in [-0.05, 0) is 35.2 Å². The summed E-state index contributed by atoms with van der Waals surface area (Å²) in [6, 6.07) is 24.6. The van der Waals surface area contributed by atoms with Crippen molar-refractivity contribution in [2.45, 2.75) is 37.9 Å². The molecule has 9 heteroatoms. The van der Waals surface area contributed by atoms with Crippen LogP contribution in [0.5, 0.6) is 0 Å². The molecule has 3 aliphatic rings. The minimum Gasteiger partial charge on any atom is -0.271 e. The van der Waals surface area contributed by atoms with E-state index in [0.717, 1.165) is 33.7 Å². The molecule has 3 aromatic carbocycles. The molecule has 3 atom stereocenters. The van der Waals surface area contributed by atoms with E-state index in [4.69, 9.17) is 5.10 Å². The van der Waals surface area contributed by atoms with E-state index in [0.29, 0.717) is 12.1 Å². The van der Waals surface area contributed by atoms with Gasteiger partial charge in [-0.1, -0.05) is 84.9 Å². The van der Waals surface area contributed by atoms with E-state index < -0.39 is 23.9 Å². The van der Waals surface area contributed by atoms with E-state index in [1.165, 1.54) is 10.0 Å². The largest absolute Gasteiger partial charge is 0.271 e. The Morgan fingerprint density at radius 2 is 1.58 bits per heavy atom. The van der Waals surface area contributed by atoms with Crippen molar-refractivity contribution >= 4 is 29.1 Å². The fraction of sp³-hybridized carbons (Fsp3) is 0.241. The number of hydrogen-bond donors (Lipinski definition) is 0. The molecule has 3 aliphatic heterocycles. The Morgan fingerprint density at radius 3 is 2.26 bits per heavy atom. The van der Waals surface area contributed by atoms with Crippen molar-refractivity contribution in [1.82, 2.24) is 10.0 Å². The zero-order valence-corrected chi connectivity index (χ0v) is 20.8. The van der Waals surface area contributed by atoms with Gasteiger partial charge in [0, 0.05) is 6.42 Å². The van der Waals surface area contributed by atoms with Gasteiger partial charge < -0.3 is 0 Å². The third kappa shape index (κ3) is 4.06. The lowest BCUT2D eigenvalue weighted by Crippen LogP contribution is -2.44. The maximum Gasteiger partial charge on any atom is 0.264 e. The number of anilines is 1. The van der Waals surface area contributed by atoms with Crippen molar-refractivity contribution in [3.05, 3.63) is 102 Å². The molecule has 6 rings (SSSR count). The molecule has 0 radical (unpaired) electrons. The topological polar surface area (TPSA) is 98.0 Å². The van der Waals surface area contributed by atoms with Crippen molar-refractivity contribution in [3.63, 3.8) is 0 Å². The summed E-state index contributed by atoms with van der Waals surface area (Å²) in [6.07, 6.45) is 1.42. The molecular formula is C29H26N6O3. The molecular weight excluding hydrogens is 480 g/mol. The number of nitrogens with zero attached hydrogens (tertiary/aromatic N) is 6. The second-order valence-electron chi connectivity index (χ2n) is 9.51. The predicted octanol–water partition coefficient (Wildman–Crippen LogP) is 3.92. The number of benzene rings is 3. The highest BCUT2D eigenvalue weighted by Gasteiger charge is 2.55. The van der Waals surface area contributed by atoms with Crippen LogP contribution in [-0.4, -0.2) is 52.1 Å². The van der Waals surface area contributed by atoms with E-state index in [1.54, 1.807) is 12.1 Å². The average molecular weight is 507 g/mol. The average Bonchev–Trinajstić information content (AvgIpc) is 3.65. The number of hydrogen-bond acceptors (Lipinski definition) is 7. The number of rotatable bonds is 6. The molecule has 3 amide bonds. The van der Waals surface area contributed by atoms with Crippen LogP contribution in [-0.2, 0) is 20.8 Å². The molecule has 3 aromatic rings. The van der Waals surface area contributed by atoms with Gasteiger partial charge in [0.15, 0.2) is 12.1 Å². The van der Waals surface area contributed by atoms with Crippen LogP contribution in [0.1, 0.15) is 36.1 Å². The second-order valence-corrected chi connectivity index (χ2v) is 9.51. The van der Waals surface area contributed by atoms with Crippen LogP contribution in [0, 0.1) is 0 Å². The molecule has 0 saturated carbocycles. The molecule has 190 valence electrons. The van der Waals surface area contributed by atoms with E-state index in [-0.39, 0.29) is 18.5 Å². The molecule has 1 saturated heterocycles. The number of imide groups is 1. The predicted molar refractivity (Wildman–Crippen MR) is 141 cm³/mol. The molecule has 9 nitrogen and oxygen atoms in total. The van der Waals surface area contributed by atoms with Gasteiger partial charge in [-0.2, -0.15) is 10.2 Å². The SMILES string of the molecule is CCc1ccc(N2C(=O)[C@@H]3N=NN(CC(=O)N4N=C(c5ccccc5)C[C@H]4c4ccccc4)[C@H]3C2=O)cc1. The fourth-order valence-electron chi connectivity index (χ4n) is 5.18. The van der Waals surface area contributed by atoms with Crippen molar-refractivity contribution in [1.29, 1.82) is 0 Å². The van der Waals surface area contributed by atoms with Gasteiger partial charge in [-0.15, -0.1) is 0 Å². The first-order valence-electron chi connectivity index (χ1n) is 12.7. The van der Waals surface area contributed by atoms with Crippen LogP contribution in [0.4, 0.5) is 5.69 Å². The standard InChI is InChI=1S/C29H26N6O3/c1-2-19-13-15-22(16-14-19)34-28(37)26-27(29(34)38)33(32-30-26)18-25(36)35-24(21-11-7-4-8-12-21)17-23(31-35)20-9-5-3-6-10-20/h3-16,24,26-27H,2,17-18H2,1H3/t24-,26+,27+/m0/s1. The smallest absolute Gasteiger partial charge is 0.264 e. The van der Waals surface area contributed by atoms with E-state index in [2.05, 4.69) is 10.3 Å². The summed E-state index contributed by atoms with van der Waals surface area (Å²) < 4.78 is 0. The van der Waals surface area contributed by atoms with Gasteiger partial charge in [0.2, 0.25) is 0 Å². The number of hydrazone groups is 1. The molecule has 3 heterocycles. The molecule has 0 aliphatic carbocycles. The quantitative estimate of drug-likeness (QED) is 0.473. The normalized spacial score (nSPS) is 22.3. The molecule has 1 fully saturated rings. The van der Waals surface area contributed by atoms with Gasteiger partial charge in [0.25, 0.3) is 17.7 Å².